The molecule has 0 bridgehead atoms. The first-order valence-electron chi connectivity index (χ1n) is 4.04. The fourth-order valence-electron chi connectivity index (χ4n) is 0.843. The molecule has 80 valence electrons. The van der Waals surface area contributed by atoms with Gasteiger partial charge >= 0.3 is 5.97 Å². The summed E-state index contributed by atoms with van der Waals surface area (Å²) in [5.74, 6) is -0.804. The molecule has 0 amide bonds. The zero-order chi connectivity index (χ0) is 9.78. The van der Waals surface area contributed by atoms with Crippen molar-refractivity contribution in [2.24, 2.45) is 0 Å². The molecule has 0 aromatic rings. The molecule has 0 radical (unpaired) electrons. The van der Waals surface area contributed by atoms with E-state index in [0.717, 1.165) is 0 Å². The van der Waals surface area contributed by atoms with Gasteiger partial charge in [0.2, 0.25) is 0 Å². The minimum atomic E-state index is -0.804. The van der Waals surface area contributed by atoms with Gasteiger partial charge in [0, 0.05) is 6.42 Å². The molecule has 5 heteroatoms. The lowest BCUT2D eigenvalue weighted by atomic mass is 10.2. The van der Waals surface area contributed by atoms with E-state index < -0.39 is 5.97 Å². The molecule has 0 spiro atoms. The number of halogens is 1. The van der Waals surface area contributed by atoms with Crippen LogP contribution in [-0.4, -0.2) is 22.9 Å². The lowest BCUT2D eigenvalue weighted by Crippen LogP contribution is -3.00. The van der Waals surface area contributed by atoms with Gasteiger partial charge in [-0.2, -0.15) is 0 Å². The number of aliphatic carboxylic acids is 1. The second-order valence-electron chi connectivity index (χ2n) is 3.78. The molecule has 0 saturated heterocycles. The largest absolute Gasteiger partial charge is 1.00 e. The van der Waals surface area contributed by atoms with Gasteiger partial charge in [0.25, 0.3) is 0 Å². The molecule has 0 rings (SSSR count). The first kappa shape index (κ1) is 15.2. The van der Waals surface area contributed by atoms with Crippen molar-refractivity contribution in [2.45, 2.75) is 45.4 Å². The Hall–Kier alpha value is -0.320. The van der Waals surface area contributed by atoms with E-state index in [9.17, 15) is 4.79 Å². The number of rotatable bonds is 4. The van der Waals surface area contributed by atoms with Crippen molar-refractivity contribution in [1.82, 2.24) is 0 Å². The summed E-state index contributed by atoms with van der Waals surface area (Å²) in [6, 6.07) is 0. The zero-order valence-corrected chi connectivity index (χ0v) is 9.10. The molecule has 0 aromatic carbocycles. The lowest BCUT2D eigenvalue weighted by Gasteiger charge is -2.21. The quantitative estimate of drug-likeness (QED) is 0.495. The average molecular weight is 212 g/mol. The van der Waals surface area contributed by atoms with E-state index >= 15 is 0 Å². The SMILES string of the molecule is CC(C)(C)O[C@H]([NH3+])CCC(=O)O.[Cl-]. The van der Waals surface area contributed by atoms with E-state index in [1.807, 2.05) is 20.8 Å². The van der Waals surface area contributed by atoms with E-state index in [2.05, 4.69) is 5.73 Å². The van der Waals surface area contributed by atoms with E-state index in [1.165, 1.54) is 0 Å². The van der Waals surface area contributed by atoms with E-state index in [0.29, 0.717) is 6.42 Å². The van der Waals surface area contributed by atoms with Crippen LogP contribution in [0.15, 0.2) is 0 Å². The molecule has 0 unspecified atom stereocenters. The van der Waals surface area contributed by atoms with Gasteiger partial charge < -0.3 is 28.0 Å². The molecule has 1 atom stereocenters. The summed E-state index contributed by atoms with van der Waals surface area (Å²) in [6.07, 6.45) is 0.345. The molecule has 0 aliphatic heterocycles. The summed E-state index contributed by atoms with van der Waals surface area (Å²) < 4.78 is 5.41. The maximum Gasteiger partial charge on any atom is 0.303 e. The topological polar surface area (TPSA) is 74.2 Å². The first-order valence-corrected chi connectivity index (χ1v) is 4.04. The molecular formula is C8H18ClNO3. The van der Waals surface area contributed by atoms with Gasteiger partial charge in [0.1, 0.15) is 0 Å². The summed E-state index contributed by atoms with van der Waals surface area (Å²) >= 11 is 0. The van der Waals surface area contributed by atoms with Gasteiger partial charge in [-0.05, 0) is 20.8 Å². The molecular weight excluding hydrogens is 194 g/mol. The third kappa shape index (κ3) is 11.7. The Balaban J connectivity index is 0. The van der Waals surface area contributed by atoms with Crippen LogP contribution in [0.2, 0.25) is 0 Å². The van der Waals surface area contributed by atoms with Crippen LogP contribution in [0.1, 0.15) is 33.6 Å². The number of quaternary nitrogens is 1. The Morgan fingerprint density at radius 3 is 2.31 bits per heavy atom. The van der Waals surface area contributed by atoms with Gasteiger partial charge in [-0.15, -0.1) is 0 Å². The van der Waals surface area contributed by atoms with E-state index in [1.54, 1.807) is 0 Å². The lowest BCUT2D eigenvalue weighted by molar-refractivity contribution is -0.504. The van der Waals surface area contributed by atoms with Crippen LogP contribution in [0.4, 0.5) is 0 Å². The molecule has 0 heterocycles. The third-order valence-corrected chi connectivity index (χ3v) is 1.20. The smallest absolute Gasteiger partial charge is 0.303 e. The number of carboxylic acids is 1. The van der Waals surface area contributed by atoms with Crippen molar-refractivity contribution in [2.75, 3.05) is 0 Å². The Bertz CT molecular complexity index is 156. The fraction of sp³-hybridized carbons (Fsp3) is 0.875. The fourth-order valence-corrected chi connectivity index (χ4v) is 0.843. The summed E-state index contributed by atoms with van der Waals surface area (Å²) in [4.78, 5) is 10.2. The third-order valence-electron chi connectivity index (χ3n) is 1.20. The molecule has 0 aromatic heterocycles. The van der Waals surface area contributed by atoms with Crippen molar-refractivity contribution in [3.63, 3.8) is 0 Å². The van der Waals surface area contributed by atoms with Crippen molar-refractivity contribution >= 4 is 5.97 Å². The highest BCUT2D eigenvalue weighted by Gasteiger charge is 2.18. The predicted molar refractivity (Wildman–Crippen MR) is 44.4 cm³/mol. The standard InChI is InChI=1S/C8H17NO3.ClH/c1-8(2,3)12-6(9)4-5-7(10)11;/h6H,4-5,9H2,1-3H3,(H,10,11);1H/t6-;/m0./s1. The molecule has 0 aliphatic rings. The van der Waals surface area contributed by atoms with Crippen molar-refractivity contribution in [3.8, 4) is 0 Å². The Morgan fingerprint density at radius 2 is 2.00 bits per heavy atom. The van der Waals surface area contributed by atoms with Crippen molar-refractivity contribution in [3.05, 3.63) is 0 Å². The minimum Gasteiger partial charge on any atom is -1.00 e. The summed E-state index contributed by atoms with van der Waals surface area (Å²) in [5.41, 5.74) is 3.46. The maximum absolute atomic E-state index is 10.2. The molecule has 13 heavy (non-hydrogen) atoms. The summed E-state index contributed by atoms with van der Waals surface area (Å²) in [6.45, 7) is 5.77. The van der Waals surface area contributed by atoms with Gasteiger partial charge in [-0.25, -0.2) is 0 Å². The number of hydrogen-bond donors (Lipinski definition) is 2. The zero-order valence-electron chi connectivity index (χ0n) is 8.34. The van der Waals surface area contributed by atoms with Gasteiger partial charge in [-0.1, -0.05) is 0 Å². The number of carbonyl (C=O) groups is 1. The molecule has 0 aliphatic carbocycles. The minimum absolute atomic E-state index is 0. The van der Waals surface area contributed by atoms with Crippen LogP contribution in [-0.2, 0) is 9.53 Å². The molecule has 4 nitrogen and oxygen atoms in total. The Morgan fingerprint density at radius 1 is 1.54 bits per heavy atom. The molecule has 4 N–H and O–H groups in total. The second kappa shape index (κ2) is 6.18. The van der Waals surface area contributed by atoms with Crippen molar-refractivity contribution in [1.29, 1.82) is 0 Å². The second-order valence-corrected chi connectivity index (χ2v) is 3.78. The van der Waals surface area contributed by atoms with Crippen LogP contribution in [0, 0.1) is 0 Å². The van der Waals surface area contributed by atoms with Gasteiger partial charge in [0.05, 0.1) is 12.0 Å². The monoisotopic (exact) mass is 211 g/mol. The van der Waals surface area contributed by atoms with Crippen LogP contribution in [0.25, 0.3) is 0 Å². The van der Waals surface area contributed by atoms with Crippen LogP contribution in [0.5, 0.6) is 0 Å². The Kier molecular flexibility index (Phi) is 7.21. The summed E-state index contributed by atoms with van der Waals surface area (Å²) in [7, 11) is 0. The Labute approximate surface area is 84.9 Å². The first-order chi connectivity index (χ1) is 5.31. The van der Waals surface area contributed by atoms with Gasteiger partial charge in [-0.3, -0.25) is 4.79 Å². The van der Waals surface area contributed by atoms with E-state index in [4.69, 9.17) is 9.84 Å². The normalized spacial score (nSPS) is 13.2. The van der Waals surface area contributed by atoms with Crippen molar-refractivity contribution < 1.29 is 32.8 Å². The number of ether oxygens (including phenoxy) is 1. The maximum atomic E-state index is 10.2. The highest BCUT2D eigenvalue weighted by molar-refractivity contribution is 5.66. The van der Waals surface area contributed by atoms with Crippen LogP contribution in [0.3, 0.4) is 0 Å². The van der Waals surface area contributed by atoms with E-state index in [-0.39, 0.29) is 30.7 Å². The number of hydrogen-bond acceptors (Lipinski definition) is 2. The number of carboxylic acid groups (broad SMARTS) is 1. The van der Waals surface area contributed by atoms with Gasteiger partial charge in [0.15, 0.2) is 6.23 Å². The molecule has 0 fully saturated rings. The average Bonchev–Trinajstić information content (AvgIpc) is 1.79. The summed E-state index contributed by atoms with van der Waals surface area (Å²) in [5, 5.41) is 8.38. The highest BCUT2D eigenvalue weighted by atomic mass is 35.5. The highest BCUT2D eigenvalue weighted by Crippen LogP contribution is 2.09. The molecule has 0 saturated carbocycles. The van der Waals surface area contributed by atoms with Crippen LogP contribution < -0.4 is 18.1 Å². The predicted octanol–water partition coefficient (Wildman–Crippen LogP) is -2.76. The van der Waals surface area contributed by atoms with Crippen LogP contribution >= 0.6 is 0 Å².